The van der Waals surface area contributed by atoms with E-state index in [9.17, 15) is 9.59 Å². The standard InChI is InChI=1S/C22H22N2O4/c1-27-14-9-10-20(28-2)16(12-14)19-8-5-11-24(19)22(26)17-13-23-18-7-4-3-6-15(18)21(17)25/h3-4,6-7,9-10,12-13,19H,5,8,11H2,1-2H3,(H,23,25)/t19-/m0/s1. The van der Waals surface area contributed by atoms with Crippen LogP contribution in [0.1, 0.15) is 34.8 Å². The van der Waals surface area contributed by atoms with E-state index < -0.39 is 0 Å². The Kier molecular flexibility index (Phi) is 4.77. The van der Waals surface area contributed by atoms with Gasteiger partial charge in [0.15, 0.2) is 0 Å². The van der Waals surface area contributed by atoms with Crippen LogP contribution in [0, 0.1) is 0 Å². The Balaban J connectivity index is 1.74. The number of amides is 1. The number of pyridine rings is 1. The molecule has 0 bridgehead atoms. The summed E-state index contributed by atoms with van der Waals surface area (Å²) in [5.41, 5.74) is 1.52. The van der Waals surface area contributed by atoms with Crippen molar-refractivity contribution in [3.63, 3.8) is 0 Å². The molecular weight excluding hydrogens is 356 g/mol. The number of hydrogen-bond acceptors (Lipinski definition) is 4. The molecule has 6 nitrogen and oxygen atoms in total. The number of ether oxygens (including phenoxy) is 2. The van der Waals surface area contributed by atoms with Gasteiger partial charge in [-0.25, -0.2) is 0 Å². The average molecular weight is 378 g/mol. The van der Waals surface area contributed by atoms with E-state index in [1.807, 2.05) is 30.3 Å². The van der Waals surface area contributed by atoms with Gasteiger partial charge in [0.1, 0.15) is 17.1 Å². The van der Waals surface area contributed by atoms with E-state index in [1.54, 1.807) is 31.3 Å². The predicted octanol–water partition coefficient (Wildman–Crippen LogP) is 3.52. The first kappa shape index (κ1) is 18.1. The number of fused-ring (bicyclic) bond motifs is 1. The molecule has 1 aliphatic heterocycles. The molecule has 1 atom stereocenters. The molecule has 2 aromatic carbocycles. The van der Waals surface area contributed by atoms with Crippen molar-refractivity contribution in [2.45, 2.75) is 18.9 Å². The molecule has 1 aliphatic rings. The molecule has 0 radical (unpaired) electrons. The lowest BCUT2D eigenvalue weighted by atomic mass is 10.0. The van der Waals surface area contributed by atoms with Crippen LogP contribution in [0.5, 0.6) is 11.5 Å². The van der Waals surface area contributed by atoms with E-state index in [4.69, 9.17) is 9.47 Å². The molecule has 1 fully saturated rings. The number of H-pyrrole nitrogens is 1. The van der Waals surface area contributed by atoms with Crippen molar-refractivity contribution >= 4 is 16.8 Å². The highest BCUT2D eigenvalue weighted by atomic mass is 16.5. The highest BCUT2D eigenvalue weighted by molar-refractivity contribution is 5.97. The molecule has 4 rings (SSSR count). The number of methoxy groups -OCH3 is 2. The fourth-order valence-corrected chi connectivity index (χ4v) is 3.91. The fourth-order valence-electron chi connectivity index (χ4n) is 3.91. The number of rotatable bonds is 4. The first-order valence-corrected chi connectivity index (χ1v) is 9.27. The Bertz CT molecular complexity index is 1090. The van der Waals surface area contributed by atoms with Crippen LogP contribution in [-0.2, 0) is 0 Å². The van der Waals surface area contributed by atoms with Gasteiger partial charge < -0.3 is 19.4 Å². The van der Waals surface area contributed by atoms with Crippen molar-refractivity contribution in [2.24, 2.45) is 0 Å². The zero-order valence-corrected chi connectivity index (χ0v) is 15.9. The van der Waals surface area contributed by atoms with Gasteiger partial charge in [-0.1, -0.05) is 12.1 Å². The topological polar surface area (TPSA) is 71.6 Å². The van der Waals surface area contributed by atoms with E-state index in [2.05, 4.69) is 4.98 Å². The smallest absolute Gasteiger partial charge is 0.259 e. The Morgan fingerprint density at radius 1 is 1.14 bits per heavy atom. The third-order valence-corrected chi connectivity index (χ3v) is 5.33. The predicted molar refractivity (Wildman–Crippen MR) is 107 cm³/mol. The molecule has 2 heterocycles. The van der Waals surface area contributed by atoms with Crippen LogP contribution in [0.15, 0.2) is 53.5 Å². The number of benzene rings is 2. The maximum atomic E-state index is 13.3. The fraction of sp³-hybridized carbons (Fsp3) is 0.273. The molecule has 1 saturated heterocycles. The summed E-state index contributed by atoms with van der Waals surface area (Å²) < 4.78 is 10.9. The van der Waals surface area contributed by atoms with E-state index >= 15 is 0 Å². The number of carbonyl (C=O) groups is 1. The second-order valence-electron chi connectivity index (χ2n) is 6.84. The Hall–Kier alpha value is -3.28. The highest BCUT2D eigenvalue weighted by Gasteiger charge is 2.33. The molecule has 0 unspecified atom stereocenters. The number of aromatic nitrogens is 1. The number of aromatic amines is 1. The minimum Gasteiger partial charge on any atom is -0.497 e. The van der Waals surface area contributed by atoms with Gasteiger partial charge in [0.05, 0.1) is 20.3 Å². The summed E-state index contributed by atoms with van der Waals surface area (Å²) in [4.78, 5) is 31.0. The van der Waals surface area contributed by atoms with Gasteiger partial charge in [-0.2, -0.15) is 0 Å². The number of likely N-dealkylation sites (tertiary alicyclic amines) is 1. The van der Waals surface area contributed by atoms with Crippen LogP contribution in [0.4, 0.5) is 0 Å². The molecule has 28 heavy (non-hydrogen) atoms. The summed E-state index contributed by atoms with van der Waals surface area (Å²) in [6, 6.07) is 12.6. The Morgan fingerprint density at radius 2 is 1.96 bits per heavy atom. The molecular formula is C22H22N2O4. The van der Waals surface area contributed by atoms with Crippen LogP contribution in [0.2, 0.25) is 0 Å². The van der Waals surface area contributed by atoms with Gasteiger partial charge in [0, 0.05) is 29.2 Å². The lowest BCUT2D eigenvalue weighted by Gasteiger charge is -2.26. The maximum absolute atomic E-state index is 13.3. The second-order valence-corrected chi connectivity index (χ2v) is 6.84. The number of carbonyl (C=O) groups excluding carboxylic acids is 1. The number of hydrogen-bond donors (Lipinski definition) is 1. The Morgan fingerprint density at radius 3 is 2.75 bits per heavy atom. The zero-order valence-electron chi connectivity index (χ0n) is 15.9. The monoisotopic (exact) mass is 378 g/mol. The summed E-state index contributed by atoms with van der Waals surface area (Å²) in [5, 5.41) is 0.517. The second kappa shape index (κ2) is 7.38. The summed E-state index contributed by atoms with van der Waals surface area (Å²) in [6.45, 7) is 0.593. The van der Waals surface area contributed by atoms with Crippen LogP contribution < -0.4 is 14.9 Å². The number of nitrogens with one attached hydrogen (secondary N) is 1. The highest BCUT2D eigenvalue weighted by Crippen LogP contribution is 2.39. The molecule has 1 amide bonds. The minimum absolute atomic E-state index is 0.160. The van der Waals surface area contributed by atoms with Crippen molar-refractivity contribution in [3.8, 4) is 11.5 Å². The molecule has 144 valence electrons. The third-order valence-electron chi connectivity index (χ3n) is 5.33. The third kappa shape index (κ3) is 3.01. The largest absolute Gasteiger partial charge is 0.497 e. The van der Waals surface area contributed by atoms with Gasteiger partial charge in [0.2, 0.25) is 5.43 Å². The van der Waals surface area contributed by atoms with E-state index in [1.165, 1.54) is 6.20 Å². The molecule has 1 aromatic heterocycles. The molecule has 0 aliphatic carbocycles. The lowest BCUT2D eigenvalue weighted by Crippen LogP contribution is -2.34. The molecule has 1 N–H and O–H groups in total. The first-order valence-electron chi connectivity index (χ1n) is 9.27. The van der Waals surface area contributed by atoms with Crippen LogP contribution in [0.25, 0.3) is 10.9 Å². The normalized spacial score (nSPS) is 16.4. The van der Waals surface area contributed by atoms with Crippen molar-refractivity contribution < 1.29 is 14.3 Å². The molecule has 6 heteroatoms. The number of nitrogens with zero attached hydrogens (tertiary/aromatic N) is 1. The molecule has 3 aromatic rings. The summed E-state index contributed by atoms with van der Waals surface area (Å²) in [7, 11) is 3.22. The zero-order chi connectivity index (χ0) is 19.7. The lowest BCUT2D eigenvalue weighted by molar-refractivity contribution is 0.0732. The van der Waals surface area contributed by atoms with Crippen LogP contribution >= 0.6 is 0 Å². The quantitative estimate of drug-likeness (QED) is 0.754. The van der Waals surface area contributed by atoms with E-state index in [0.717, 1.165) is 23.9 Å². The van der Waals surface area contributed by atoms with Gasteiger partial charge in [-0.15, -0.1) is 0 Å². The van der Waals surface area contributed by atoms with Gasteiger partial charge in [-0.05, 0) is 43.2 Å². The Labute approximate surface area is 162 Å². The first-order chi connectivity index (χ1) is 13.6. The van der Waals surface area contributed by atoms with E-state index in [-0.39, 0.29) is 22.9 Å². The van der Waals surface area contributed by atoms with Gasteiger partial charge in [-0.3, -0.25) is 9.59 Å². The molecule has 0 spiro atoms. The van der Waals surface area contributed by atoms with Gasteiger partial charge in [0.25, 0.3) is 5.91 Å². The summed E-state index contributed by atoms with van der Waals surface area (Å²) in [6.07, 6.45) is 3.19. The molecule has 0 saturated carbocycles. The maximum Gasteiger partial charge on any atom is 0.259 e. The van der Waals surface area contributed by atoms with Gasteiger partial charge >= 0.3 is 0 Å². The average Bonchev–Trinajstić information content (AvgIpc) is 3.23. The van der Waals surface area contributed by atoms with Crippen LogP contribution in [0.3, 0.4) is 0 Å². The SMILES string of the molecule is COc1ccc(OC)c([C@@H]2CCCN2C(=O)c2c[nH]c3ccccc3c2=O)c1. The van der Waals surface area contributed by atoms with Crippen molar-refractivity contribution in [3.05, 3.63) is 70.0 Å². The summed E-state index contributed by atoms with van der Waals surface area (Å²) >= 11 is 0. The van der Waals surface area contributed by atoms with Crippen molar-refractivity contribution in [1.82, 2.24) is 9.88 Å². The van der Waals surface area contributed by atoms with Crippen LogP contribution in [-0.4, -0.2) is 36.6 Å². The summed E-state index contributed by atoms with van der Waals surface area (Å²) in [5.74, 6) is 1.15. The van der Waals surface area contributed by atoms with Crippen molar-refractivity contribution in [1.29, 1.82) is 0 Å². The minimum atomic E-state index is -0.264. The number of para-hydroxylation sites is 1. The van der Waals surface area contributed by atoms with Crippen molar-refractivity contribution in [2.75, 3.05) is 20.8 Å². The van der Waals surface area contributed by atoms with E-state index in [0.29, 0.717) is 23.4 Å².